The van der Waals surface area contributed by atoms with E-state index in [2.05, 4.69) is 215 Å². The van der Waals surface area contributed by atoms with Crippen LogP contribution in [0.5, 0.6) is 0 Å². The third-order valence-electron chi connectivity index (χ3n) is 13.1. The van der Waals surface area contributed by atoms with Crippen molar-refractivity contribution in [3.05, 3.63) is 247 Å². The second-order valence-electron chi connectivity index (χ2n) is 16.3. The van der Waals surface area contributed by atoms with E-state index in [1.165, 1.54) is 44.2 Å². The molecule has 9 aromatic carbocycles. The normalized spacial score (nSPS) is 12.9. The average Bonchev–Trinajstić information content (AvgIpc) is 3.99. The molecule has 0 fully saturated rings. The summed E-state index contributed by atoms with van der Waals surface area (Å²) in [5, 5.41) is 4.66. The highest BCUT2D eigenvalue weighted by atomic mass is 15.2. The number of para-hydroxylation sites is 3. The van der Waals surface area contributed by atoms with Crippen LogP contribution in [0.4, 0.5) is 0 Å². The van der Waals surface area contributed by atoms with E-state index in [1.807, 2.05) is 18.2 Å². The molecule has 5 heteroatoms. The standard InChI is InChI=1S/C58H37N5/c1-5-19-38(20-6-1)55-59-56(39-33-34-45-43-27-14-17-31-50(43)62(52(45)37-39)42-25-11-4-12-26-42)61-57(60-55)63-51-32-18-15-28-44(51)46-35-36-49-53(54(46)63)47-29-13-16-30-48(47)58(49,40-21-7-2-8-22-40)41-23-9-3-10-24-41/h1-37H. The largest absolute Gasteiger partial charge is 0.309 e. The molecular formula is C58H37N5. The number of fused-ring (bicyclic) bond motifs is 10. The Bertz CT molecular complexity index is 3680. The number of hydrogen-bond donors (Lipinski definition) is 0. The zero-order chi connectivity index (χ0) is 41.5. The summed E-state index contributed by atoms with van der Waals surface area (Å²) in [5.41, 5.74) is 14.0. The van der Waals surface area contributed by atoms with Gasteiger partial charge in [-0.2, -0.15) is 9.97 Å². The van der Waals surface area contributed by atoms with E-state index >= 15 is 0 Å². The van der Waals surface area contributed by atoms with Gasteiger partial charge in [-0.15, -0.1) is 0 Å². The molecule has 0 amide bonds. The Morgan fingerprint density at radius 3 is 1.57 bits per heavy atom. The topological polar surface area (TPSA) is 48.5 Å². The van der Waals surface area contributed by atoms with Gasteiger partial charge in [0.05, 0.1) is 27.5 Å². The summed E-state index contributed by atoms with van der Waals surface area (Å²) in [4.78, 5) is 16.2. The van der Waals surface area contributed by atoms with Crippen LogP contribution in [0.1, 0.15) is 22.3 Å². The van der Waals surface area contributed by atoms with Gasteiger partial charge < -0.3 is 4.57 Å². The van der Waals surface area contributed by atoms with Crippen molar-refractivity contribution >= 4 is 43.6 Å². The zero-order valence-corrected chi connectivity index (χ0v) is 34.1. The molecule has 0 bridgehead atoms. The smallest absolute Gasteiger partial charge is 0.238 e. The molecule has 3 aromatic heterocycles. The molecule has 294 valence electrons. The summed E-state index contributed by atoms with van der Waals surface area (Å²) in [6.07, 6.45) is 0. The molecule has 1 aliphatic rings. The van der Waals surface area contributed by atoms with Crippen LogP contribution in [0.3, 0.4) is 0 Å². The molecule has 0 unspecified atom stereocenters. The monoisotopic (exact) mass is 803 g/mol. The molecule has 0 atom stereocenters. The number of hydrogen-bond acceptors (Lipinski definition) is 3. The lowest BCUT2D eigenvalue weighted by Crippen LogP contribution is -2.28. The first-order valence-corrected chi connectivity index (χ1v) is 21.5. The van der Waals surface area contributed by atoms with Crippen molar-refractivity contribution in [3.63, 3.8) is 0 Å². The van der Waals surface area contributed by atoms with Crippen LogP contribution in [0, 0.1) is 0 Å². The van der Waals surface area contributed by atoms with E-state index in [1.54, 1.807) is 0 Å². The first kappa shape index (κ1) is 35.4. The van der Waals surface area contributed by atoms with Gasteiger partial charge in [0.15, 0.2) is 11.6 Å². The maximum absolute atomic E-state index is 5.50. The third kappa shape index (κ3) is 5.14. The lowest BCUT2D eigenvalue weighted by atomic mass is 9.67. The predicted octanol–water partition coefficient (Wildman–Crippen LogP) is 13.8. The van der Waals surface area contributed by atoms with Crippen LogP contribution < -0.4 is 0 Å². The molecule has 0 saturated carbocycles. The van der Waals surface area contributed by atoms with E-state index in [4.69, 9.17) is 15.0 Å². The fourth-order valence-electron chi connectivity index (χ4n) is 10.5. The highest BCUT2D eigenvalue weighted by Crippen LogP contribution is 2.58. The lowest BCUT2D eigenvalue weighted by molar-refractivity contribution is 0.769. The second-order valence-corrected chi connectivity index (χ2v) is 16.3. The average molecular weight is 804 g/mol. The van der Waals surface area contributed by atoms with Crippen LogP contribution in [-0.4, -0.2) is 24.1 Å². The Morgan fingerprint density at radius 1 is 0.349 bits per heavy atom. The van der Waals surface area contributed by atoms with Gasteiger partial charge in [0.1, 0.15) is 0 Å². The van der Waals surface area contributed by atoms with Crippen molar-refractivity contribution in [2.75, 3.05) is 0 Å². The number of nitrogens with zero attached hydrogens (tertiary/aromatic N) is 5. The van der Waals surface area contributed by atoms with E-state index < -0.39 is 5.41 Å². The van der Waals surface area contributed by atoms with Crippen molar-refractivity contribution in [3.8, 4) is 45.5 Å². The Morgan fingerprint density at radius 2 is 0.873 bits per heavy atom. The number of benzene rings is 9. The molecular weight excluding hydrogens is 767 g/mol. The van der Waals surface area contributed by atoms with Crippen molar-refractivity contribution in [2.24, 2.45) is 0 Å². The molecule has 12 aromatic rings. The van der Waals surface area contributed by atoms with E-state index in [0.717, 1.165) is 49.7 Å². The van der Waals surface area contributed by atoms with Gasteiger partial charge in [0.2, 0.25) is 5.95 Å². The first-order valence-electron chi connectivity index (χ1n) is 21.5. The molecule has 5 nitrogen and oxygen atoms in total. The van der Waals surface area contributed by atoms with E-state index in [-0.39, 0.29) is 0 Å². The SMILES string of the molecule is c1ccc(-c2nc(-c3ccc4c5ccccc5n(-c5ccccc5)c4c3)nc(-n3c4ccccc4c4ccc5c(c43)-c3ccccc3C5(c3ccccc3)c3ccccc3)n2)cc1. The summed E-state index contributed by atoms with van der Waals surface area (Å²) in [6, 6.07) is 80.3. The molecule has 1 aliphatic carbocycles. The fourth-order valence-corrected chi connectivity index (χ4v) is 10.5. The third-order valence-corrected chi connectivity index (χ3v) is 13.1. The van der Waals surface area contributed by atoms with Gasteiger partial charge in [0.25, 0.3) is 0 Å². The first-order chi connectivity index (χ1) is 31.3. The Balaban J connectivity index is 1.13. The molecule has 0 radical (unpaired) electrons. The van der Waals surface area contributed by atoms with Gasteiger partial charge in [-0.1, -0.05) is 194 Å². The lowest BCUT2D eigenvalue weighted by Gasteiger charge is -2.33. The summed E-state index contributed by atoms with van der Waals surface area (Å²) in [5.74, 6) is 1.78. The minimum absolute atomic E-state index is 0.560. The zero-order valence-electron chi connectivity index (χ0n) is 34.1. The Hall–Kier alpha value is -8.41. The van der Waals surface area contributed by atoms with Crippen LogP contribution in [0.2, 0.25) is 0 Å². The fraction of sp³-hybridized carbons (Fsp3) is 0.0172. The van der Waals surface area contributed by atoms with Crippen molar-refractivity contribution in [1.29, 1.82) is 0 Å². The van der Waals surface area contributed by atoms with Crippen LogP contribution in [-0.2, 0) is 5.41 Å². The molecule has 0 aliphatic heterocycles. The minimum Gasteiger partial charge on any atom is -0.309 e. The Labute approximate surface area is 363 Å². The van der Waals surface area contributed by atoms with Crippen LogP contribution in [0.25, 0.3) is 89.2 Å². The van der Waals surface area contributed by atoms with Gasteiger partial charge in [-0.3, -0.25) is 4.57 Å². The van der Waals surface area contributed by atoms with Gasteiger partial charge in [-0.05, 0) is 58.1 Å². The van der Waals surface area contributed by atoms with Crippen molar-refractivity contribution < 1.29 is 0 Å². The highest BCUT2D eigenvalue weighted by Gasteiger charge is 2.47. The molecule has 63 heavy (non-hydrogen) atoms. The maximum Gasteiger partial charge on any atom is 0.238 e. The van der Waals surface area contributed by atoms with Gasteiger partial charge in [-0.25, -0.2) is 4.98 Å². The minimum atomic E-state index is -0.560. The van der Waals surface area contributed by atoms with E-state index in [9.17, 15) is 0 Å². The van der Waals surface area contributed by atoms with Crippen LogP contribution in [0.15, 0.2) is 224 Å². The Kier molecular flexibility index (Phi) is 7.75. The van der Waals surface area contributed by atoms with Crippen molar-refractivity contribution in [2.45, 2.75) is 5.41 Å². The summed E-state index contributed by atoms with van der Waals surface area (Å²) >= 11 is 0. The summed E-state index contributed by atoms with van der Waals surface area (Å²) < 4.78 is 4.64. The van der Waals surface area contributed by atoms with Gasteiger partial charge in [0, 0.05) is 43.9 Å². The van der Waals surface area contributed by atoms with Gasteiger partial charge >= 0.3 is 0 Å². The molecule has 0 saturated heterocycles. The van der Waals surface area contributed by atoms with E-state index in [0.29, 0.717) is 17.6 Å². The van der Waals surface area contributed by atoms with Crippen molar-refractivity contribution in [1.82, 2.24) is 24.1 Å². The predicted molar refractivity (Wildman–Crippen MR) is 257 cm³/mol. The highest BCUT2D eigenvalue weighted by molar-refractivity contribution is 6.16. The molecule has 3 heterocycles. The number of aromatic nitrogens is 5. The second kappa shape index (κ2) is 13.8. The molecule has 13 rings (SSSR count). The summed E-state index contributed by atoms with van der Waals surface area (Å²) in [7, 11) is 0. The summed E-state index contributed by atoms with van der Waals surface area (Å²) in [6.45, 7) is 0. The maximum atomic E-state index is 5.50. The number of rotatable bonds is 6. The van der Waals surface area contributed by atoms with Crippen LogP contribution >= 0.6 is 0 Å². The molecule has 0 spiro atoms. The quantitative estimate of drug-likeness (QED) is 0.168. The molecule has 0 N–H and O–H groups in total.